The summed E-state index contributed by atoms with van der Waals surface area (Å²) in [5.74, 6) is -0.0535. The number of phenols is 1. The van der Waals surface area contributed by atoms with Crippen LogP contribution < -0.4 is 0 Å². The first-order valence-electron chi connectivity index (χ1n) is 7.26. The Bertz CT molecular complexity index is 655. The summed E-state index contributed by atoms with van der Waals surface area (Å²) in [6.45, 7) is 1.82. The summed E-state index contributed by atoms with van der Waals surface area (Å²) in [5.41, 5.74) is 0.641. The lowest BCUT2D eigenvalue weighted by Gasteiger charge is -2.20. The predicted molar refractivity (Wildman–Crippen MR) is 89.8 cm³/mol. The SMILES string of the molecule is CN(C)[C@H]1CCN(C2=NC(=O)/C(=C/c3ccccc3O)S2)C1. The van der Waals surface area contributed by atoms with E-state index in [1.165, 1.54) is 11.8 Å². The van der Waals surface area contributed by atoms with Crippen LogP contribution in [0.3, 0.4) is 0 Å². The number of carbonyl (C=O) groups excluding carboxylic acids is 1. The van der Waals surface area contributed by atoms with Gasteiger partial charge in [-0.1, -0.05) is 18.2 Å². The van der Waals surface area contributed by atoms with Crippen LogP contribution in [0.15, 0.2) is 34.2 Å². The zero-order valence-corrected chi connectivity index (χ0v) is 13.5. The van der Waals surface area contributed by atoms with Gasteiger partial charge in [0.15, 0.2) is 5.17 Å². The van der Waals surface area contributed by atoms with Gasteiger partial charge in [0.2, 0.25) is 0 Å². The molecular formula is C16H19N3O2S. The van der Waals surface area contributed by atoms with E-state index < -0.39 is 0 Å². The van der Waals surface area contributed by atoms with Crippen molar-refractivity contribution in [1.29, 1.82) is 0 Å². The average Bonchev–Trinajstić information content (AvgIpc) is 3.09. The molecule has 22 heavy (non-hydrogen) atoms. The van der Waals surface area contributed by atoms with Crippen molar-refractivity contribution in [2.45, 2.75) is 12.5 Å². The van der Waals surface area contributed by atoms with Crippen LogP contribution in [-0.4, -0.2) is 59.2 Å². The van der Waals surface area contributed by atoms with Crippen LogP contribution >= 0.6 is 11.8 Å². The van der Waals surface area contributed by atoms with Crippen LogP contribution in [0.5, 0.6) is 5.75 Å². The molecule has 1 atom stereocenters. The first-order chi connectivity index (χ1) is 10.5. The Labute approximate surface area is 134 Å². The van der Waals surface area contributed by atoms with Crippen molar-refractivity contribution < 1.29 is 9.90 Å². The summed E-state index contributed by atoms with van der Waals surface area (Å²) < 4.78 is 0. The Morgan fingerprint density at radius 1 is 1.41 bits per heavy atom. The average molecular weight is 317 g/mol. The second kappa shape index (κ2) is 6.14. The number of amidine groups is 1. The van der Waals surface area contributed by atoms with Crippen molar-refractivity contribution in [3.05, 3.63) is 34.7 Å². The highest BCUT2D eigenvalue weighted by atomic mass is 32.2. The molecule has 0 unspecified atom stereocenters. The molecular weight excluding hydrogens is 298 g/mol. The molecule has 0 aromatic heterocycles. The number of aromatic hydroxyl groups is 1. The number of hydrogen-bond donors (Lipinski definition) is 1. The number of benzene rings is 1. The number of likely N-dealkylation sites (tertiary alicyclic amines) is 1. The van der Waals surface area contributed by atoms with E-state index >= 15 is 0 Å². The zero-order valence-electron chi connectivity index (χ0n) is 12.7. The van der Waals surface area contributed by atoms with Crippen molar-refractivity contribution in [1.82, 2.24) is 9.80 Å². The van der Waals surface area contributed by atoms with Gasteiger partial charge in [0, 0.05) is 24.7 Å². The number of thioether (sulfide) groups is 1. The maximum absolute atomic E-state index is 12.1. The highest BCUT2D eigenvalue weighted by Gasteiger charge is 2.31. The number of carbonyl (C=O) groups is 1. The fourth-order valence-electron chi connectivity index (χ4n) is 2.62. The Hall–Kier alpha value is -1.79. The number of amides is 1. The van der Waals surface area contributed by atoms with Gasteiger partial charge in [0.05, 0.1) is 4.91 Å². The molecule has 0 radical (unpaired) electrons. The van der Waals surface area contributed by atoms with Gasteiger partial charge in [-0.2, -0.15) is 4.99 Å². The molecule has 1 N–H and O–H groups in total. The van der Waals surface area contributed by atoms with E-state index in [9.17, 15) is 9.90 Å². The lowest BCUT2D eigenvalue weighted by atomic mass is 10.2. The Morgan fingerprint density at radius 3 is 2.86 bits per heavy atom. The molecule has 0 spiro atoms. The van der Waals surface area contributed by atoms with Crippen LogP contribution in [0.1, 0.15) is 12.0 Å². The number of nitrogens with zero attached hydrogens (tertiary/aromatic N) is 3. The topological polar surface area (TPSA) is 56.1 Å². The van der Waals surface area contributed by atoms with Gasteiger partial charge in [0.25, 0.3) is 5.91 Å². The summed E-state index contributed by atoms with van der Waals surface area (Å²) in [5, 5.41) is 10.6. The second-order valence-electron chi connectivity index (χ2n) is 5.72. The standard InChI is InChI=1S/C16H19N3O2S/c1-18(2)12-7-8-19(10-12)16-17-15(21)14(22-16)9-11-5-3-4-6-13(11)20/h3-6,9,12,20H,7-8,10H2,1-2H3/b14-9-/t12-/m0/s1. The highest BCUT2D eigenvalue weighted by molar-refractivity contribution is 8.18. The molecule has 1 fully saturated rings. The molecule has 2 aliphatic heterocycles. The van der Waals surface area contributed by atoms with Crippen molar-refractivity contribution >= 4 is 28.9 Å². The van der Waals surface area contributed by atoms with Crippen LogP contribution in [-0.2, 0) is 4.79 Å². The van der Waals surface area contributed by atoms with Crippen molar-refractivity contribution in [2.75, 3.05) is 27.2 Å². The normalized spacial score (nSPS) is 23.7. The van der Waals surface area contributed by atoms with Gasteiger partial charge >= 0.3 is 0 Å². The summed E-state index contributed by atoms with van der Waals surface area (Å²) in [6, 6.07) is 7.49. The maximum Gasteiger partial charge on any atom is 0.286 e. The Kier molecular flexibility index (Phi) is 4.22. The first kappa shape index (κ1) is 15.1. The lowest BCUT2D eigenvalue weighted by Crippen LogP contribution is -2.33. The quantitative estimate of drug-likeness (QED) is 0.846. The first-order valence-corrected chi connectivity index (χ1v) is 8.08. The minimum Gasteiger partial charge on any atom is -0.507 e. The summed E-state index contributed by atoms with van der Waals surface area (Å²) in [7, 11) is 4.15. The smallest absolute Gasteiger partial charge is 0.286 e. The number of hydrogen-bond acceptors (Lipinski definition) is 5. The molecule has 0 aliphatic carbocycles. The molecule has 0 bridgehead atoms. The van der Waals surface area contributed by atoms with E-state index in [0.29, 0.717) is 16.5 Å². The van der Waals surface area contributed by atoms with E-state index in [0.717, 1.165) is 24.7 Å². The zero-order chi connectivity index (χ0) is 15.7. The largest absolute Gasteiger partial charge is 0.507 e. The monoisotopic (exact) mass is 317 g/mol. The van der Waals surface area contributed by atoms with Crippen LogP contribution in [0.25, 0.3) is 6.08 Å². The molecule has 0 saturated carbocycles. The number of aliphatic imine (C=N–C) groups is 1. The van der Waals surface area contributed by atoms with E-state index in [2.05, 4.69) is 28.9 Å². The maximum atomic E-state index is 12.1. The molecule has 2 aliphatic rings. The third kappa shape index (κ3) is 3.03. The summed E-state index contributed by atoms with van der Waals surface area (Å²) in [4.78, 5) is 21.2. The van der Waals surface area contributed by atoms with Crippen molar-refractivity contribution in [3.8, 4) is 5.75 Å². The molecule has 6 heteroatoms. The minimum atomic E-state index is -0.225. The van der Waals surface area contributed by atoms with Gasteiger partial charge in [-0.15, -0.1) is 0 Å². The predicted octanol–water partition coefficient (Wildman–Crippen LogP) is 2.00. The van der Waals surface area contributed by atoms with E-state index in [4.69, 9.17) is 0 Å². The number of phenolic OH excluding ortho intramolecular Hbond substituents is 1. The summed E-state index contributed by atoms with van der Waals surface area (Å²) in [6.07, 6.45) is 2.79. The third-order valence-corrected chi connectivity index (χ3v) is 5.04. The van der Waals surface area contributed by atoms with E-state index in [1.807, 2.05) is 6.07 Å². The number of rotatable bonds is 2. The fourth-order valence-corrected chi connectivity index (χ4v) is 3.56. The van der Waals surface area contributed by atoms with Gasteiger partial charge in [-0.3, -0.25) is 4.79 Å². The molecule has 1 aromatic carbocycles. The highest BCUT2D eigenvalue weighted by Crippen LogP contribution is 2.33. The molecule has 3 rings (SSSR count). The number of likely N-dealkylation sites (N-methyl/N-ethyl adjacent to an activating group) is 1. The van der Waals surface area contributed by atoms with Gasteiger partial charge in [0.1, 0.15) is 5.75 Å². The van der Waals surface area contributed by atoms with Crippen LogP contribution in [0.4, 0.5) is 0 Å². The molecule has 5 nitrogen and oxygen atoms in total. The lowest BCUT2D eigenvalue weighted by molar-refractivity contribution is -0.113. The molecule has 116 valence electrons. The molecule has 1 saturated heterocycles. The van der Waals surface area contributed by atoms with Gasteiger partial charge in [-0.05, 0) is 44.4 Å². The third-order valence-electron chi connectivity index (χ3n) is 4.00. The van der Waals surface area contributed by atoms with Crippen LogP contribution in [0, 0.1) is 0 Å². The van der Waals surface area contributed by atoms with E-state index in [1.54, 1.807) is 24.3 Å². The van der Waals surface area contributed by atoms with Crippen molar-refractivity contribution in [3.63, 3.8) is 0 Å². The van der Waals surface area contributed by atoms with Crippen molar-refractivity contribution in [2.24, 2.45) is 4.99 Å². The second-order valence-corrected chi connectivity index (χ2v) is 6.73. The van der Waals surface area contributed by atoms with Gasteiger partial charge in [-0.25, -0.2) is 0 Å². The molecule has 1 aromatic rings. The Balaban J connectivity index is 1.73. The fraction of sp³-hybridized carbons (Fsp3) is 0.375. The minimum absolute atomic E-state index is 0.172. The van der Waals surface area contributed by atoms with E-state index in [-0.39, 0.29) is 11.7 Å². The molecule has 2 heterocycles. The number of para-hydroxylation sites is 1. The van der Waals surface area contributed by atoms with Gasteiger partial charge < -0.3 is 14.9 Å². The Morgan fingerprint density at radius 2 is 2.18 bits per heavy atom. The summed E-state index contributed by atoms with van der Waals surface area (Å²) >= 11 is 1.39. The molecule has 1 amide bonds. The van der Waals surface area contributed by atoms with Crippen LogP contribution in [0.2, 0.25) is 0 Å².